The Morgan fingerprint density at radius 1 is 1.47 bits per heavy atom. The van der Waals surface area contributed by atoms with Crippen molar-refractivity contribution >= 4 is 11.9 Å². The fourth-order valence-electron chi connectivity index (χ4n) is 1.13. The number of hydrogen-bond acceptors (Lipinski definition) is 5. The molecule has 1 rings (SSSR count). The van der Waals surface area contributed by atoms with Crippen LogP contribution in [-0.2, 0) is 16.1 Å². The first kappa shape index (κ1) is 13.1. The van der Waals surface area contributed by atoms with E-state index in [1.54, 1.807) is 6.92 Å². The van der Waals surface area contributed by atoms with E-state index in [4.69, 9.17) is 9.63 Å². The minimum Gasteiger partial charge on any atom is -0.481 e. The Morgan fingerprint density at radius 3 is 2.59 bits per heavy atom. The Morgan fingerprint density at radius 2 is 2.12 bits per heavy atom. The molecule has 0 aliphatic rings. The van der Waals surface area contributed by atoms with Crippen LogP contribution in [0.2, 0.25) is 0 Å². The van der Waals surface area contributed by atoms with Crippen molar-refractivity contribution in [1.82, 2.24) is 15.5 Å². The highest BCUT2D eigenvalue weighted by molar-refractivity contribution is 5.84. The molecular weight excluding hydrogens is 226 g/mol. The predicted molar refractivity (Wildman–Crippen MR) is 56.9 cm³/mol. The summed E-state index contributed by atoms with van der Waals surface area (Å²) >= 11 is 0. The van der Waals surface area contributed by atoms with Gasteiger partial charge in [0.1, 0.15) is 0 Å². The van der Waals surface area contributed by atoms with Gasteiger partial charge in [0.2, 0.25) is 11.8 Å². The average molecular weight is 241 g/mol. The molecule has 0 fully saturated rings. The summed E-state index contributed by atoms with van der Waals surface area (Å²) in [5.74, 6) is -0.598. The van der Waals surface area contributed by atoms with E-state index in [0.717, 1.165) is 0 Å². The molecule has 0 saturated carbocycles. The van der Waals surface area contributed by atoms with Gasteiger partial charge in [0, 0.05) is 6.42 Å². The van der Waals surface area contributed by atoms with Gasteiger partial charge in [0.15, 0.2) is 5.82 Å². The molecule has 0 aromatic carbocycles. The van der Waals surface area contributed by atoms with E-state index in [2.05, 4.69) is 15.5 Å². The van der Waals surface area contributed by atoms with Crippen LogP contribution < -0.4 is 5.32 Å². The van der Waals surface area contributed by atoms with Crippen molar-refractivity contribution in [3.05, 3.63) is 11.7 Å². The van der Waals surface area contributed by atoms with E-state index < -0.39 is 11.4 Å². The van der Waals surface area contributed by atoms with E-state index in [0.29, 0.717) is 11.7 Å². The highest BCUT2D eigenvalue weighted by Crippen LogP contribution is 2.19. The second-order valence-electron chi connectivity index (χ2n) is 4.38. The molecule has 1 heterocycles. The number of aliphatic carboxylic acids is 1. The Balaban J connectivity index is 2.43. The molecule has 94 valence electrons. The minimum atomic E-state index is -1.09. The SMILES string of the molecule is Cc1noc(CNC(=O)CC(C)(C)C(=O)O)n1. The molecule has 0 spiro atoms. The first-order valence-corrected chi connectivity index (χ1v) is 5.10. The zero-order chi connectivity index (χ0) is 13.1. The van der Waals surface area contributed by atoms with Crippen molar-refractivity contribution in [3.63, 3.8) is 0 Å². The van der Waals surface area contributed by atoms with Gasteiger partial charge in [-0.1, -0.05) is 5.16 Å². The lowest BCUT2D eigenvalue weighted by molar-refractivity contribution is -0.149. The van der Waals surface area contributed by atoms with E-state index in [-0.39, 0.29) is 18.9 Å². The standard InChI is InChI=1S/C10H15N3O4/c1-6-12-8(17-13-6)5-11-7(14)4-10(2,3)9(15)16/h4-5H2,1-3H3,(H,11,14)(H,15,16). The number of rotatable bonds is 5. The maximum atomic E-state index is 11.5. The summed E-state index contributed by atoms with van der Waals surface area (Å²) in [4.78, 5) is 26.2. The largest absolute Gasteiger partial charge is 0.481 e. The number of aryl methyl sites for hydroxylation is 1. The maximum Gasteiger partial charge on any atom is 0.309 e. The molecule has 7 heteroatoms. The summed E-state index contributed by atoms with van der Waals surface area (Å²) in [5.41, 5.74) is -1.09. The van der Waals surface area contributed by atoms with Gasteiger partial charge in [0.05, 0.1) is 12.0 Å². The fraction of sp³-hybridized carbons (Fsp3) is 0.600. The topological polar surface area (TPSA) is 105 Å². The van der Waals surface area contributed by atoms with Gasteiger partial charge in [-0.3, -0.25) is 9.59 Å². The third-order valence-electron chi connectivity index (χ3n) is 2.19. The van der Waals surface area contributed by atoms with E-state index in [9.17, 15) is 9.59 Å². The molecule has 0 unspecified atom stereocenters. The van der Waals surface area contributed by atoms with Gasteiger partial charge < -0.3 is 14.9 Å². The predicted octanol–water partition coefficient (Wildman–Crippen LogP) is 0.495. The van der Waals surface area contributed by atoms with Crippen LogP contribution in [0.3, 0.4) is 0 Å². The summed E-state index contributed by atoms with van der Waals surface area (Å²) in [5, 5.41) is 14.9. The van der Waals surface area contributed by atoms with Gasteiger partial charge in [-0.05, 0) is 20.8 Å². The molecule has 1 aromatic rings. The quantitative estimate of drug-likeness (QED) is 0.777. The number of nitrogens with zero attached hydrogens (tertiary/aromatic N) is 2. The van der Waals surface area contributed by atoms with Gasteiger partial charge in [0.25, 0.3) is 0 Å². The van der Waals surface area contributed by atoms with Crippen LogP contribution in [0, 0.1) is 12.3 Å². The van der Waals surface area contributed by atoms with Crippen LogP contribution in [-0.4, -0.2) is 27.1 Å². The zero-order valence-electron chi connectivity index (χ0n) is 9.98. The molecule has 0 aliphatic heterocycles. The number of carboxylic acid groups (broad SMARTS) is 1. The lowest BCUT2D eigenvalue weighted by Gasteiger charge is -2.17. The third-order valence-corrected chi connectivity index (χ3v) is 2.19. The number of aromatic nitrogens is 2. The molecule has 1 amide bonds. The zero-order valence-corrected chi connectivity index (χ0v) is 9.98. The molecule has 2 N–H and O–H groups in total. The van der Waals surface area contributed by atoms with Crippen molar-refractivity contribution in [2.45, 2.75) is 33.7 Å². The summed E-state index contributed by atoms with van der Waals surface area (Å²) in [6.45, 7) is 4.76. The first-order chi connectivity index (χ1) is 7.81. The highest BCUT2D eigenvalue weighted by Gasteiger charge is 2.30. The summed E-state index contributed by atoms with van der Waals surface area (Å²) < 4.78 is 4.80. The van der Waals surface area contributed by atoms with Crippen LogP contribution in [0.25, 0.3) is 0 Å². The normalized spacial score (nSPS) is 11.2. The highest BCUT2D eigenvalue weighted by atomic mass is 16.5. The maximum absolute atomic E-state index is 11.5. The molecule has 0 atom stereocenters. The van der Waals surface area contributed by atoms with Crippen molar-refractivity contribution in [2.24, 2.45) is 5.41 Å². The Bertz CT molecular complexity index is 425. The Kier molecular flexibility index (Phi) is 3.82. The number of hydrogen-bond donors (Lipinski definition) is 2. The van der Waals surface area contributed by atoms with Crippen molar-refractivity contribution in [2.75, 3.05) is 0 Å². The van der Waals surface area contributed by atoms with E-state index in [1.165, 1.54) is 13.8 Å². The average Bonchev–Trinajstić information content (AvgIpc) is 2.60. The lowest BCUT2D eigenvalue weighted by Crippen LogP contribution is -2.33. The molecule has 0 saturated heterocycles. The molecule has 0 aliphatic carbocycles. The molecule has 7 nitrogen and oxygen atoms in total. The fourth-order valence-corrected chi connectivity index (χ4v) is 1.13. The number of carbonyl (C=O) groups excluding carboxylic acids is 1. The third kappa shape index (κ3) is 3.86. The number of amides is 1. The second-order valence-corrected chi connectivity index (χ2v) is 4.38. The van der Waals surface area contributed by atoms with E-state index >= 15 is 0 Å². The second kappa shape index (κ2) is 4.94. The Labute approximate surface area is 98.2 Å². The summed E-state index contributed by atoms with van der Waals surface area (Å²) in [7, 11) is 0. The molecule has 0 radical (unpaired) electrons. The van der Waals surface area contributed by atoms with Crippen LogP contribution >= 0.6 is 0 Å². The monoisotopic (exact) mass is 241 g/mol. The molecule has 0 bridgehead atoms. The molecule has 17 heavy (non-hydrogen) atoms. The lowest BCUT2D eigenvalue weighted by atomic mass is 9.89. The number of carbonyl (C=O) groups is 2. The van der Waals surface area contributed by atoms with Crippen molar-refractivity contribution in [1.29, 1.82) is 0 Å². The molecular formula is C10H15N3O4. The van der Waals surface area contributed by atoms with Gasteiger partial charge in [-0.2, -0.15) is 4.98 Å². The van der Waals surface area contributed by atoms with E-state index in [1.807, 2.05) is 0 Å². The summed E-state index contributed by atoms with van der Waals surface area (Å²) in [6.07, 6.45) is -0.102. The van der Waals surface area contributed by atoms with Crippen LogP contribution in [0.1, 0.15) is 32.0 Å². The van der Waals surface area contributed by atoms with Crippen LogP contribution in [0.5, 0.6) is 0 Å². The molecule has 1 aromatic heterocycles. The Hall–Kier alpha value is -1.92. The van der Waals surface area contributed by atoms with Crippen LogP contribution in [0.15, 0.2) is 4.52 Å². The van der Waals surface area contributed by atoms with Crippen molar-refractivity contribution < 1.29 is 19.2 Å². The first-order valence-electron chi connectivity index (χ1n) is 5.10. The van der Waals surface area contributed by atoms with Gasteiger partial charge >= 0.3 is 5.97 Å². The van der Waals surface area contributed by atoms with Crippen molar-refractivity contribution in [3.8, 4) is 0 Å². The van der Waals surface area contributed by atoms with Crippen LogP contribution in [0.4, 0.5) is 0 Å². The van der Waals surface area contributed by atoms with Gasteiger partial charge in [-0.15, -0.1) is 0 Å². The minimum absolute atomic E-state index is 0.102. The van der Waals surface area contributed by atoms with Gasteiger partial charge in [-0.25, -0.2) is 0 Å². The summed E-state index contributed by atoms with van der Waals surface area (Å²) in [6, 6.07) is 0. The number of nitrogens with one attached hydrogen (secondary N) is 1. The smallest absolute Gasteiger partial charge is 0.309 e. The number of carboxylic acids is 1.